The smallest absolute Gasteiger partial charge is 0.234 e. The predicted octanol–water partition coefficient (Wildman–Crippen LogP) is 2.32. The van der Waals surface area contributed by atoms with Gasteiger partial charge in [-0.3, -0.25) is 4.40 Å². The van der Waals surface area contributed by atoms with Crippen molar-refractivity contribution in [2.45, 2.75) is 6.61 Å². The SMILES string of the molecule is COc1ccc(OCc2cn3cccnc3n2)cc1. The van der Waals surface area contributed by atoms with Gasteiger partial charge in [-0.1, -0.05) is 0 Å². The van der Waals surface area contributed by atoms with Crippen molar-refractivity contribution in [1.82, 2.24) is 14.4 Å². The van der Waals surface area contributed by atoms with E-state index >= 15 is 0 Å². The third-order valence-electron chi connectivity index (χ3n) is 2.73. The van der Waals surface area contributed by atoms with Gasteiger partial charge >= 0.3 is 0 Å². The Morgan fingerprint density at radius 2 is 1.95 bits per heavy atom. The molecule has 0 fully saturated rings. The molecule has 0 saturated heterocycles. The highest BCUT2D eigenvalue weighted by Gasteiger charge is 2.03. The van der Waals surface area contributed by atoms with Crippen molar-refractivity contribution < 1.29 is 9.47 Å². The number of benzene rings is 1. The minimum atomic E-state index is 0.412. The Labute approximate surface area is 110 Å². The third-order valence-corrected chi connectivity index (χ3v) is 2.73. The van der Waals surface area contributed by atoms with E-state index in [2.05, 4.69) is 9.97 Å². The Kier molecular flexibility index (Phi) is 3.02. The van der Waals surface area contributed by atoms with Crippen LogP contribution in [-0.2, 0) is 6.61 Å². The predicted molar refractivity (Wildman–Crippen MR) is 70.3 cm³/mol. The van der Waals surface area contributed by atoms with Crippen molar-refractivity contribution in [2.24, 2.45) is 0 Å². The van der Waals surface area contributed by atoms with Gasteiger partial charge in [-0.25, -0.2) is 9.97 Å². The molecule has 0 spiro atoms. The molecular formula is C14H13N3O2. The van der Waals surface area contributed by atoms with Crippen LogP contribution in [0.1, 0.15) is 5.69 Å². The molecule has 0 unspecified atom stereocenters. The van der Waals surface area contributed by atoms with Crippen LogP contribution < -0.4 is 9.47 Å². The first kappa shape index (κ1) is 11.5. The van der Waals surface area contributed by atoms with Gasteiger partial charge in [0.05, 0.1) is 12.8 Å². The van der Waals surface area contributed by atoms with Crippen molar-refractivity contribution in [3.05, 3.63) is 54.6 Å². The fourth-order valence-electron chi connectivity index (χ4n) is 1.78. The van der Waals surface area contributed by atoms with Gasteiger partial charge in [0.15, 0.2) is 0 Å². The number of rotatable bonds is 4. The van der Waals surface area contributed by atoms with E-state index in [4.69, 9.17) is 9.47 Å². The number of nitrogens with zero attached hydrogens (tertiary/aromatic N) is 3. The Bertz CT molecular complexity index is 643. The van der Waals surface area contributed by atoms with Crippen LogP contribution in [0.15, 0.2) is 48.9 Å². The Balaban J connectivity index is 1.70. The first-order valence-electron chi connectivity index (χ1n) is 5.90. The number of hydrogen-bond donors (Lipinski definition) is 0. The molecule has 1 aromatic carbocycles. The van der Waals surface area contributed by atoms with E-state index in [0.29, 0.717) is 12.4 Å². The maximum absolute atomic E-state index is 5.66. The van der Waals surface area contributed by atoms with Crippen molar-refractivity contribution >= 4 is 5.78 Å². The molecule has 3 rings (SSSR count). The third kappa shape index (κ3) is 2.49. The molecule has 2 aromatic heterocycles. The van der Waals surface area contributed by atoms with Crippen LogP contribution in [0.25, 0.3) is 5.78 Å². The van der Waals surface area contributed by atoms with Crippen LogP contribution in [0.3, 0.4) is 0 Å². The van der Waals surface area contributed by atoms with Crippen LogP contribution in [-0.4, -0.2) is 21.5 Å². The molecule has 0 aliphatic heterocycles. The van der Waals surface area contributed by atoms with Gasteiger partial charge in [-0.2, -0.15) is 0 Å². The van der Waals surface area contributed by atoms with E-state index in [9.17, 15) is 0 Å². The van der Waals surface area contributed by atoms with Crippen molar-refractivity contribution in [3.8, 4) is 11.5 Å². The van der Waals surface area contributed by atoms with Crippen molar-refractivity contribution in [3.63, 3.8) is 0 Å². The zero-order chi connectivity index (χ0) is 13.1. The fraction of sp³-hybridized carbons (Fsp3) is 0.143. The summed E-state index contributed by atoms with van der Waals surface area (Å²) >= 11 is 0. The first-order chi connectivity index (χ1) is 9.35. The van der Waals surface area contributed by atoms with E-state index in [1.54, 1.807) is 13.3 Å². The van der Waals surface area contributed by atoms with Gasteiger partial charge in [-0.05, 0) is 30.3 Å². The lowest BCUT2D eigenvalue weighted by atomic mass is 10.3. The molecule has 5 nitrogen and oxygen atoms in total. The van der Waals surface area contributed by atoms with E-state index in [0.717, 1.165) is 17.2 Å². The molecule has 0 saturated carbocycles. The van der Waals surface area contributed by atoms with E-state index in [1.807, 2.05) is 47.1 Å². The molecule has 3 aromatic rings. The Morgan fingerprint density at radius 3 is 2.68 bits per heavy atom. The quantitative estimate of drug-likeness (QED) is 0.717. The molecule has 2 heterocycles. The molecule has 0 bridgehead atoms. The molecule has 0 aliphatic carbocycles. The van der Waals surface area contributed by atoms with Crippen molar-refractivity contribution in [2.75, 3.05) is 7.11 Å². The minimum absolute atomic E-state index is 0.412. The number of fused-ring (bicyclic) bond motifs is 1. The van der Waals surface area contributed by atoms with Crippen molar-refractivity contribution in [1.29, 1.82) is 0 Å². The molecular weight excluding hydrogens is 242 g/mol. The number of ether oxygens (including phenoxy) is 2. The van der Waals surface area contributed by atoms with Gasteiger partial charge in [0.1, 0.15) is 18.1 Å². The lowest BCUT2D eigenvalue weighted by Crippen LogP contribution is -1.95. The maximum atomic E-state index is 5.66. The molecule has 19 heavy (non-hydrogen) atoms. The molecule has 96 valence electrons. The molecule has 0 aliphatic rings. The highest BCUT2D eigenvalue weighted by Crippen LogP contribution is 2.18. The second-order valence-corrected chi connectivity index (χ2v) is 4.02. The largest absolute Gasteiger partial charge is 0.497 e. The second kappa shape index (κ2) is 4.97. The van der Waals surface area contributed by atoms with Crippen LogP contribution in [0.4, 0.5) is 0 Å². The van der Waals surface area contributed by atoms with Crippen LogP contribution in [0, 0.1) is 0 Å². The number of imidazole rings is 1. The summed E-state index contributed by atoms with van der Waals surface area (Å²) < 4.78 is 12.6. The monoisotopic (exact) mass is 255 g/mol. The summed E-state index contributed by atoms with van der Waals surface area (Å²) in [6, 6.07) is 9.32. The zero-order valence-corrected chi connectivity index (χ0v) is 10.5. The van der Waals surface area contributed by atoms with Crippen LogP contribution in [0.5, 0.6) is 11.5 Å². The van der Waals surface area contributed by atoms with Gasteiger partial charge in [0.2, 0.25) is 5.78 Å². The van der Waals surface area contributed by atoms with Gasteiger partial charge in [-0.15, -0.1) is 0 Å². The van der Waals surface area contributed by atoms with Gasteiger partial charge in [0, 0.05) is 18.6 Å². The normalized spacial score (nSPS) is 10.6. The lowest BCUT2D eigenvalue weighted by molar-refractivity contribution is 0.301. The lowest BCUT2D eigenvalue weighted by Gasteiger charge is -2.04. The summed E-state index contributed by atoms with van der Waals surface area (Å²) in [6.07, 6.45) is 5.54. The second-order valence-electron chi connectivity index (χ2n) is 4.02. The van der Waals surface area contributed by atoms with Crippen LogP contribution >= 0.6 is 0 Å². The summed E-state index contributed by atoms with van der Waals surface area (Å²) in [5.74, 6) is 2.27. The maximum Gasteiger partial charge on any atom is 0.234 e. The zero-order valence-electron chi connectivity index (χ0n) is 10.5. The standard InChI is InChI=1S/C14H13N3O2/c1-18-12-3-5-13(6-4-12)19-10-11-9-17-8-2-7-15-14(17)16-11/h2-9H,10H2,1H3. The Morgan fingerprint density at radius 1 is 1.16 bits per heavy atom. The van der Waals surface area contributed by atoms with Gasteiger partial charge < -0.3 is 9.47 Å². The van der Waals surface area contributed by atoms with E-state index in [-0.39, 0.29) is 0 Å². The average molecular weight is 255 g/mol. The minimum Gasteiger partial charge on any atom is -0.497 e. The molecule has 0 N–H and O–H groups in total. The molecule has 0 radical (unpaired) electrons. The van der Waals surface area contributed by atoms with E-state index < -0.39 is 0 Å². The number of aromatic nitrogens is 3. The molecule has 0 atom stereocenters. The molecule has 0 amide bonds. The summed E-state index contributed by atoms with van der Waals surface area (Å²) in [7, 11) is 1.64. The summed E-state index contributed by atoms with van der Waals surface area (Å²) in [5.41, 5.74) is 0.842. The summed E-state index contributed by atoms with van der Waals surface area (Å²) in [6.45, 7) is 0.412. The number of methoxy groups -OCH3 is 1. The topological polar surface area (TPSA) is 48.7 Å². The number of hydrogen-bond acceptors (Lipinski definition) is 4. The first-order valence-corrected chi connectivity index (χ1v) is 5.90. The molecule has 5 heteroatoms. The van der Waals surface area contributed by atoms with Gasteiger partial charge in [0.25, 0.3) is 0 Å². The van der Waals surface area contributed by atoms with E-state index in [1.165, 1.54) is 0 Å². The highest BCUT2D eigenvalue weighted by atomic mass is 16.5. The Hall–Kier alpha value is -2.56. The average Bonchev–Trinajstić information content (AvgIpc) is 2.88. The van der Waals surface area contributed by atoms with Crippen LogP contribution in [0.2, 0.25) is 0 Å². The highest BCUT2D eigenvalue weighted by molar-refractivity contribution is 5.32. The summed E-state index contributed by atoms with van der Waals surface area (Å²) in [4.78, 5) is 8.52. The summed E-state index contributed by atoms with van der Waals surface area (Å²) in [5, 5.41) is 0. The fourth-order valence-corrected chi connectivity index (χ4v) is 1.78.